The van der Waals surface area contributed by atoms with Crippen molar-refractivity contribution in [3.05, 3.63) is 0 Å². The standard InChI is InChI=1S/C6H10N2O5/c7-3(5(10)11)1-2-8-4(9)6(12)13/h3H,1-2,7H2,(H,8,9)(H,10,11)(H,12,13)/t3-/m1/s1. The van der Waals surface area contributed by atoms with E-state index in [0.717, 1.165) is 0 Å². The zero-order chi connectivity index (χ0) is 10.4. The third kappa shape index (κ3) is 4.75. The predicted octanol–water partition coefficient (Wildman–Crippen LogP) is -2.01. The summed E-state index contributed by atoms with van der Waals surface area (Å²) >= 11 is 0. The van der Waals surface area contributed by atoms with Crippen molar-refractivity contribution in [3.8, 4) is 0 Å². The first kappa shape index (κ1) is 11.4. The molecule has 0 aliphatic heterocycles. The number of nitrogens with two attached hydrogens (primary N) is 1. The summed E-state index contributed by atoms with van der Waals surface area (Å²) in [5, 5.41) is 18.4. The molecule has 5 N–H and O–H groups in total. The number of carbonyl (C=O) groups excluding carboxylic acids is 1. The Hall–Kier alpha value is -1.63. The highest BCUT2D eigenvalue weighted by Crippen LogP contribution is 1.85. The summed E-state index contributed by atoms with van der Waals surface area (Å²) in [6.45, 7) is -0.0708. The molecule has 0 heterocycles. The molecule has 0 bridgehead atoms. The number of aliphatic carboxylic acids is 2. The van der Waals surface area contributed by atoms with Crippen LogP contribution in [0.5, 0.6) is 0 Å². The zero-order valence-electron chi connectivity index (χ0n) is 6.69. The number of carboxylic acids is 2. The highest BCUT2D eigenvalue weighted by atomic mass is 16.4. The molecule has 0 fully saturated rings. The van der Waals surface area contributed by atoms with Gasteiger partial charge in [-0.15, -0.1) is 0 Å². The molecular formula is C6H10N2O5. The molecule has 0 aromatic rings. The summed E-state index contributed by atoms with van der Waals surface area (Å²) in [4.78, 5) is 30.5. The average molecular weight is 190 g/mol. The van der Waals surface area contributed by atoms with Gasteiger partial charge in [-0.2, -0.15) is 0 Å². The van der Waals surface area contributed by atoms with Gasteiger partial charge in [0.15, 0.2) is 0 Å². The minimum Gasteiger partial charge on any atom is -0.480 e. The minimum absolute atomic E-state index is 0.00560. The van der Waals surface area contributed by atoms with E-state index in [2.05, 4.69) is 0 Å². The first-order valence-corrected chi connectivity index (χ1v) is 3.44. The number of amides is 1. The van der Waals surface area contributed by atoms with Crippen LogP contribution in [0.2, 0.25) is 0 Å². The van der Waals surface area contributed by atoms with Crippen molar-refractivity contribution < 1.29 is 24.6 Å². The van der Waals surface area contributed by atoms with Crippen LogP contribution in [0.3, 0.4) is 0 Å². The van der Waals surface area contributed by atoms with Crippen molar-refractivity contribution >= 4 is 17.8 Å². The number of hydrogen-bond donors (Lipinski definition) is 4. The van der Waals surface area contributed by atoms with E-state index in [1.165, 1.54) is 0 Å². The smallest absolute Gasteiger partial charge is 0.394 e. The Morgan fingerprint density at radius 1 is 1.31 bits per heavy atom. The fourth-order valence-electron chi connectivity index (χ4n) is 0.540. The summed E-state index contributed by atoms with van der Waals surface area (Å²) < 4.78 is 0. The van der Waals surface area contributed by atoms with Gasteiger partial charge in [0.05, 0.1) is 0 Å². The first-order valence-electron chi connectivity index (χ1n) is 3.44. The largest absolute Gasteiger partial charge is 0.480 e. The molecule has 7 heteroatoms. The first-order chi connectivity index (χ1) is 5.95. The van der Waals surface area contributed by atoms with Crippen LogP contribution < -0.4 is 11.1 Å². The molecule has 7 nitrogen and oxygen atoms in total. The highest BCUT2D eigenvalue weighted by Gasteiger charge is 2.13. The lowest BCUT2D eigenvalue weighted by molar-refractivity contribution is -0.150. The van der Waals surface area contributed by atoms with Gasteiger partial charge in [0, 0.05) is 6.54 Å². The van der Waals surface area contributed by atoms with E-state index < -0.39 is 23.9 Å². The molecule has 1 atom stereocenters. The van der Waals surface area contributed by atoms with Crippen molar-refractivity contribution in [2.45, 2.75) is 12.5 Å². The molecule has 0 aromatic carbocycles. The van der Waals surface area contributed by atoms with E-state index in [-0.39, 0.29) is 13.0 Å². The van der Waals surface area contributed by atoms with Crippen molar-refractivity contribution in [1.82, 2.24) is 5.32 Å². The van der Waals surface area contributed by atoms with Gasteiger partial charge < -0.3 is 21.3 Å². The van der Waals surface area contributed by atoms with Crippen LogP contribution in [0.25, 0.3) is 0 Å². The maximum Gasteiger partial charge on any atom is 0.394 e. The second-order valence-corrected chi connectivity index (χ2v) is 2.29. The van der Waals surface area contributed by atoms with E-state index in [4.69, 9.17) is 15.9 Å². The predicted molar refractivity (Wildman–Crippen MR) is 40.9 cm³/mol. The van der Waals surface area contributed by atoms with Crippen LogP contribution >= 0.6 is 0 Å². The summed E-state index contributed by atoms with van der Waals surface area (Å²) in [5.74, 6) is -3.97. The van der Waals surface area contributed by atoms with Gasteiger partial charge in [-0.05, 0) is 6.42 Å². The Morgan fingerprint density at radius 3 is 2.23 bits per heavy atom. The van der Waals surface area contributed by atoms with Crippen LogP contribution in [0.15, 0.2) is 0 Å². The average Bonchev–Trinajstić information content (AvgIpc) is 2.03. The van der Waals surface area contributed by atoms with Gasteiger partial charge in [0.1, 0.15) is 6.04 Å². The maximum absolute atomic E-state index is 10.4. The monoisotopic (exact) mass is 190 g/mol. The number of hydrogen-bond acceptors (Lipinski definition) is 4. The molecule has 0 aliphatic rings. The number of carboxylic acid groups (broad SMARTS) is 2. The molecule has 1 amide bonds. The van der Waals surface area contributed by atoms with Crippen LogP contribution in [0, 0.1) is 0 Å². The van der Waals surface area contributed by atoms with Gasteiger partial charge in [0.25, 0.3) is 0 Å². The lowest BCUT2D eigenvalue weighted by atomic mass is 10.2. The minimum atomic E-state index is -1.61. The third-order valence-corrected chi connectivity index (χ3v) is 1.25. The van der Waals surface area contributed by atoms with Crippen LogP contribution in [-0.4, -0.2) is 40.6 Å². The van der Waals surface area contributed by atoms with Gasteiger partial charge in [0.2, 0.25) is 0 Å². The highest BCUT2D eigenvalue weighted by molar-refractivity contribution is 6.31. The van der Waals surface area contributed by atoms with Crippen molar-refractivity contribution in [1.29, 1.82) is 0 Å². The van der Waals surface area contributed by atoms with E-state index >= 15 is 0 Å². The van der Waals surface area contributed by atoms with Crippen LogP contribution in [0.4, 0.5) is 0 Å². The number of carbonyl (C=O) groups is 3. The fraction of sp³-hybridized carbons (Fsp3) is 0.500. The molecule has 0 radical (unpaired) electrons. The Labute approximate surface area is 73.5 Å². The van der Waals surface area contributed by atoms with Crippen LogP contribution in [-0.2, 0) is 14.4 Å². The van der Waals surface area contributed by atoms with Gasteiger partial charge in [-0.3, -0.25) is 9.59 Å². The molecule has 13 heavy (non-hydrogen) atoms. The Morgan fingerprint density at radius 2 is 1.85 bits per heavy atom. The molecule has 0 saturated carbocycles. The molecule has 0 rings (SSSR count). The molecule has 0 spiro atoms. The molecule has 0 unspecified atom stereocenters. The fourth-order valence-corrected chi connectivity index (χ4v) is 0.540. The summed E-state index contributed by atoms with van der Waals surface area (Å²) in [7, 11) is 0. The number of rotatable bonds is 4. The van der Waals surface area contributed by atoms with Gasteiger partial charge in [-0.25, -0.2) is 4.79 Å². The van der Waals surface area contributed by atoms with E-state index in [1.807, 2.05) is 5.32 Å². The van der Waals surface area contributed by atoms with Gasteiger partial charge >= 0.3 is 17.8 Å². The zero-order valence-corrected chi connectivity index (χ0v) is 6.69. The second kappa shape index (κ2) is 5.09. The summed E-state index contributed by atoms with van der Waals surface area (Å²) in [5.41, 5.74) is 5.08. The van der Waals surface area contributed by atoms with E-state index in [0.29, 0.717) is 0 Å². The van der Waals surface area contributed by atoms with Crippen LogP contribution in [0.1, 0.15) is 6.42 Å². The Kier molecular flexibility index (Phi) is 4.45. The molecule has 0 aliphatic carbocycles. The van der Waals surface area contributed by atoms with Crippen molar-refractivity contribution in [2.24, 2.45) is 5.73 Å². The van der Waals surface area contributed by atoms with Gasteiger partial charge in [-0.1, -0.05) is 0 Å². The molecule has 0 aromatic heterocycles. The summed E-state index contributed by atoms with van der Waals surface area (Å²) in [6.07, 6.45) is -0.00560. The molecule has 0 saturated heterocycles. The summed E-state index contributed by atoms with van der Waals surface area (Å²) in [6, 6.07) is -1.09. The second-order valence-electron chi connectivity index (χ2n) is 2.29. The normalized spacial score (nSPS) is 11.8. The van der Waals surface area contributed by atoms with E-state index in [1.54, 1.807) is 0 Å². The Bertz CT molecular complexity index is 227. The van der Waals surface area contributed by atoms with E-state index in [9.17, 15) is 14.4 Å². The van der Waals surface area contributed by atoms with Crippen molar-refractivity contribution in [3.63, 3.8) is 0 Å². The maximum atomic E-state index is 10.4. The lowest BCUT2D eigenvalue weighted by Gasteiger charge is -2.05. The van der Waals surface area contributed by atoms with Crippen molar-refractivity contribution in [2.75, 3.05) is 6.54 Å². The third-order valence-electron chi connectivity index (χ3n) is 1.25. The topological polar surface area (TPSA) is 130 Å². The lowest BCUT2D eigenvalue weighted by Crippen LogP contribution is -2.37. The Balaban J connectivity index is 3.62. The number of nitrogens with one attached hydrogen (secondary N) is 1. The molecular weight excluding hydrogens is 180 g/mol. The SMILES string of the molecule is N[C@H](CCNC(=O)C(=O)O)C(=O)O. The quantitative estimate of drug-likeness (QED) is 0.379. The molecule has 74 valence electrons.